The van der Waals surface area contributed by atoms with Gasteiger partial charge < -0.3 is 9.47 Å². The van der Waals surface area contributed by atoms with Crippen molar-refractivity contribution in [2.75, 3.05) is 25.2 Å². The number of halogens is 1. The van der Waals surface area contributed by atoms with Crippen LogP contribution in [0.15, 0.2) is 10.7 Å². The van der Waals surface area contributed by atoms with E-state index >= 15 is 0 Å². The third kappa shape index (κ3) is 2.81. The Bertz CT molecular complexity index is 357. The van der Waals surface area contributed by atoms with Crippen molar-refractivity contribution < 1.29 is 9.47 Å². The van der Waals surface area contributed by atoms with Crippen LogP contribution in [0, 0.1) is 5.92 Å². The molecule has 0 aromatic carbocycles. The summed E-state index contributed by atoms with van der Waals surface area (Å²) in [6.45, 7) is 2.17. The van der Waals surface area contributed by atoms with E-state index in [0.29, 0.717) is 28.8 Å². The molecular weight excluding hydrogens is 276 g/mol. The van der Waals surface area contributed by atoms with Crippen LogP contribution in [0.2, 0.25) is 0 Å². The molecule has 2 rings (SSSR count). The molecule has 0 amide bonds. The van der Waals surface area contributed by atoms with Crippen molar-refractivity contribution in [1.82, 2.24) is 9.97 Å². The van der Waals surface area contributed by atoms with E-state index in [4.69, 9.17) is 15.3 Å². The molecule has 1 atom stereocenters. The first kappa shape index (κ1) is 11.6. The number of aromatic nitrogens is 2. The van der Waals surface area contributed by atoms with Gasteiger partial charge in [0.25, 0.3) is 0 Å². The molecule has 0 saturated carbocycles. The summed E-state index contributed by atoms with van der Waals surface area (Å²) in [4.78, 5) is 8.03. The highest BCUT2D eigenvalue weighted by Gasteiger charge is 2.17. The molecule has 1 aliphatic heterocycles. The maximum Gasteiger partial charge on any atom is 0.240 e. The summed E-state index contributed by atoms with van der Waals surface area (Å²) >= 11 is 3.32. The van der Waals surface area contributed by atoms with Gasteiger partial charge in [-0.2, -0.15) is 4.98 Å². The molecule has 0 aliphatic carbocycles. The van der Waals surface area contributed by atoms with Crippen LogP contribution in [0.25, 0.3) is 0 Å². The Labute approximate surface area is 102 Å². The zero-order chi connectivity index (χ0) is 11.4. The lowest BCUT2D eigenvalue weighted by Crippen LogP contribution is -2.14. The minimum atomic E-state index is 0.334. The average Bonchev–Trinajstić information content (AvgIpc) is 2.81. The fourth-order valence-electron chi connectivity index (χ4n) is 1.43. The predicted octanol–water partition coefficient (Wildman–Crippen LogP) is 0.940. The van der Waals surface area contributed by atoms with Gasteiger partial charge in [0.05, 0.1) is 23.9 Å². The van der Waals surface area contributed by atoms with Crippen LogP contribution < -0.4 is 16.0 Å². The summed E-state index contributed by atoms with van der Waals surface area (Å²) in [7, 11) is 0. The standard InChI is InChI=1S/C9H13BrN4O2/c10-7-3-12-9(14-11)13-8(7)16-5-6-1-2-15-4-6/h3,6H,1-2,4-5,11H2,(H,12,13,14). The molecule has 0 radical (unpaired) electrons. The van der Waals surface area contributed by atoms with Crippen molar-refractivity contribution >= 4 is 21.9 Å². The van der Waals surface area contributed by atoms with Gasteiger partial charge in [0.2, 0.25) is 11.8 Å². The minimum absolute atomic E-state index is 0.334. The van der Waals surface area contributed by atoms with Crippen molar-refractivity contribution in [1.29, 1.82) is 0 Å². The number of nitrogens with zero attached hydrogens (tertiary/aromatic N) is 2. The molecule has 1 saturated heterocycles. The number of hydrogen-bond donors (Lipinski definition) is 2. The van der Waals surface area contributed by atoms with E-state index in [1.54, 1.807) is 6.20 Å². The molecule has 0 bridgehead atoms. The summed E-state index contributed by atoms with van der Waals surface area (Å²) in [5.74, 6) is 6.49. The number of nitrogens with one attached hydrogen (secondary N) is 1. The number of rotatable bonds is 4. The molecule has 7 heteroatoms. The monoisotopic (exact) mass is 288 g/mol. The van der Waals surface area contributed by atoms with Crippen molar-refractivity contribution in [2.24, 2.45) is 11.8 Å². The molecule has 3 N–H and O–H groups in total. The zero-order valence-corrected chi connectivity index (χ0v) is 10.2. The van der Waals surface area contributed by atoms with Crippen LogP contribution in [0.4, 0.5) is 5.95 Å². The van der Waals surface area contributed by atoms with Gasteiger partial charge in [0.1, 0.15) is 0 Å². The number of nitrogens with two attached hydrogens (primary N) is 1. The lowest BCUT2D eigenvalue weighted by Gasteiger charge is -2.11. The van der Waals surface area contributed by atoms with Gasteiger partial charge in [-0.1, -0.05) is 0 Å². The van der Waals surface area contributed by atoms with Gasteiger partial charge in [0, 0.05) is 12.5 Å². The third-order valence-corrected chi connectivity index (χ3v) is 2.86. The van der Waals surface area contributed by atoms with Crippen LogP contribution in [0.3, 0.4) is 0 Å². The van der Waals surface area contributed by atoms with Crippen molar-refractivity contribution in [2.45, 2.75) is 6.42 Å². The highest BCUT2D eigenvalue weighted by molar-refractivity contribution is 9.10. The number of hydrazine groups is 1. The van der Waals surface area contributed by atoms with Crippen molar-refractivity contribution in [3.05, 3.63) is 10.7 Å². The molecule has 6 nitrogen and oxygen atoms in total. The molecular formula is C9H13BrN4O2. The maximum atomic E-state index is 5.59. The normalized spacial score (nSPS) is 19.8. The van der Waals surface area contributed by atoms with E-state index in [2.05, 4.69) is 31.3 Å². The molecule has 1 aromatic heterocycles. The van der Waals surface area contributed by atoms with Crippen molar-refractivity contribution in [3.8, 4) is 5.88 Å². The minimum Gasteiger partial charge on any atom is -0.476 e. The van der Waals surface area contributed by atoms with Gasteiger partial charge in [-0.05, 0) is 22.4 Å². The smallest absolute Gasteiger partial charge is 0.240 e. The highest BCUT2D eigenvalue weighted by atomic mass is 79.9. The first-order valence-electron chi connectivity index (χ1n) is 4.99. The summed E-state index contributed by atoms with van der Waals surface area (Å²) in [6.07, 6.45) is 2.63. The SMILES string of the molecule is NNc1ncc(Br)c(OCC2CCOC2)n1. The quantitative estimate of drug-likeness (QED) is 0.634. The lowest BCUT2D eigenvalue weighted by molar-refractivity contribution is 0.165. The summed E-state index contributed by atoms with van der Waals surface area (Å²) in [5, 5.41) is 0. The molecule has 16 heavy (non-hydrogen) atoms. The Morgan fingerprint density at radius 1 is 1.69 bits per heavy atom. The highest BCUT2D eigenvalue weighted by Crippen LogP contribution is 2.23. The second kappa shape index (κ2) is 5.42. The van der Waals surface area contributed by atoms with Crippen LogP contribution in [0.1, 0.15) is 6.42 Å². The average molecular weight is 289 g/mol. The second-order valence-corrected chi connectivity index (χ2v) is 4.39. The first-order chi connectivity index (χ1) is 7.79. The van der Waals surface area contributed by atoms with Crippen LogP contribution in [0.5, 0.6) is 5.88 Å². The zero-order valence-electron chi connectivity index (χ0n) is 8.65. The second-order valence-electron chi connectivity index (χ2n) is 3.53. The molecule has 88 valence electrons. The van der Waals surface area contributed by atoms with E-state index in [1.165, 1.54) is 0 Å². The van der Waals surface area contributed by atoms with Crippen LogP contribution >= 0.6 is 15.9 Å². The number of anilines is 1. The Kier molecular flexibility index (Phi) is 3.92. The summed E-state index contributed by atoms with van der Waals surface area (Å²) in [5.41, 5.74) is 2.37. The molecule has 1 aromatic rings. The van der Waals surface area contributed by atoms with E-state index in [1.807, 2.05) is 0 Å². The third-order valence-electron chi connectivity index (χ3n) is 2.32. The van der Waals surface area contributed by atoms with Gasteiger partial charge in [-0.25, -0.2) is 10.8 Å². The Hall–Kier alpha value is -0.920. The number of nitrogen functional groups attached to an aromatic ring is 1. The molecule has 0 spiro atoms. The van der Waals surface area contributed by atoms with Gasteiger partial charge in [-0.15, -0.1) is 0 Å². The summed E-state index contributed by atoms with van der Waals surface area (Å²) in [6, 6.07) is 0. The van der Waals surface area contributed by atoms with Crippen LogP contribution in [-0.2, 0) is 4.74 Å². The van der Waals surface area contributed by atoms with E-state index in [9.17, 15) is 0 Å². The first-order valence-corrected chi connectivity index (χ1v) is 5.78. The summed E-state index contributed by atoms with van der Waals surface area (Å²) < 4.78 is 11.6. The number of hydrogen-bond acceptors (Lipinski definition) is 6. The molecule has 1 unspecified atom stereocenters. The fourth-order valence-corrected chi connectivity index (χ4v) is 1.74. The Balaban J connectivity index is 1.96. The molecule has 2 heterocycles. The Morgan fingerprint density at radius 3 is 3.25 bits per heavy atom. The predicted molar refractivity (Wildman–Crippen MR) is 62.0 cm³/mol. The van der Waals surface area contributed by atoms with E-state index in [0.717, 1.165) is 19.6 Å². The maximum absolute atomic E-state index is 5.59. The van der Waals surface area contributed by atoms with Crippen LogP contribution in [-0.4, -0.2) is 29.8 Å². The molecule has 1 fully saturated rings. The van der Waals surface area contributed by atoms with Gasteiger partial charge in [-0.3, -0.25) is 5.43 Å². The Morgan fingerprint density at radius 2 is 2.56 bits per heavy atom. The largest absolute Gasteiger partial charge is 0.476 e. The van der Waals surface area contributed by atoms with Crippen molar-refractivity contribution in [3.63, 3.8) is 0 Å². The molecule has 1 aliphatic rings. The fraction of sp³-hybridized carbons (Fsp3) is 0.556. The van der Waals surface area contributed by atoms with Gasteiger partial charge >= 0.3 is 0 Å². The van der Waals surface area contributed by atoms with E-state index < -0.39 is 0 Å². The van der Waals surface area contributed by atoms with E-state index in [-0.39, 0.29) is 0 Å². The lowest BCUT2D eigenvalue weighted by atomic mass is 10.1. The van der Waals surface area contributed by atoms with Gasteiger partial charge in [0.15, 0.2) is 0 Å². The number of ether oxygens (including phenoxy) is 2. The topological polar surface area (TPSA) is 82.3 Å².